The van der Waals surface area contributed by atoms with Crippen LogP contribution in [-0.2, 0) is 11.4 Å². The molecule has 3 aromatic rings. The van der Waals surface area contributed by atoms with E-state index in [1.165, 1.54) is 19.3 Å². The van der Waals surface area contributed by atoms with Crippen LogP contribution in [0.3, 0.4) is 0 Å². The molecular formula is C22H19ClN2O4. The molecule has 29 heavy (non-hydrogen) atoms. The molecule has 1 aromatic heterocycles. The number of aromatic nitrogens is 1. The fourth-order valence-corrected chi connectivity index (χ4v) is 2.67. The van der Waals surface area contributed by atoms with Crippen molar-refractivity contribution in [3.8, 4) is 17.2 Å². The summed E-state index contributed by atoms with van der Waals surface area (Å²) in [4.78, 5) is 16.2. The number of aromatic hydroxyl groups is 1. The average Bonchev–Trinajstić information content (AvgIpc) is 2.73. The molecule has 0 fully saturated rings. The van der Waals surface area contributed by atoms with Crippen molar-refractivity contribution in [2.24, 2.45) is 0 Å². The van der Waals surface area contributed by atoms with Gasteiger partial charge in [0.2, 0.25) is 5.91 Å². The second-order valence-electron chi connectivity index (χ2n) is 6.04. The van der Waals surface area contributed by atoms with Gasteiger partial charge in [0.15, 0.2) is 11.5 Å². The number of halogens is 1. The van der Waals surface area contributed by atoms with E-state index in [0.29, 0.717) is 34.4 Å². The molecule has 0 saturated heterocycles. The Kier molecular flexibility index (Phi) is 6.71. The molecule has 0 saturated carbocycles. The van der Waals surface area contributed by atoms with Crippen molar-refractivity contribution in [1.29, 1.82) is 0 Å². The number of rotatable bonds is 7. The quantitative estimate of drug-likeness (QED) is 0.553. The third kappa shape index (κ3) is 5.73. The molecule has 0 aliphatic rings. The van der Waals surface area contributed by atoms with E-state index in [4.69, 9.17) is 21.1 Å². The largest absolute Gasteiger partial charge is 0.504 e. The van der Waals surface area contributed by atoms with Gasteiger partial charge in [-0.1, -0.05) is 17.7 Å². The van der Waals surface area contributed by atoms with Crippen LogP contribution in [0, 0.1) is 0 Å². The van der Waals surface area contributed by atoms with Crippen LogP contribution in [0.1, 0.15) is 11.1 Å². The summed E-state index contributed by atoms with van der Waals surface area (Å²) in [6.07, 6.45) is 6.33. The SMILES string of the molecule is COc1ccc(C=CC(=O)Nc2ccc(Cl)c(OCc3ccncc3)c2)cc1O. The molecule has 1 heterocycles. The molecule has 0 spiro atoms. The molecule has 2 N–H and O–H groups in total. The van der Waals surface area contributed by atoms with Gasteiger partial charge in [-0.05, 0) is 53.6 Å². The monoisotopic (exact) mass is 410 g/mol. The zero-order valence-electron chi connectivity index (χ0n) is 15.6. The Bertz CT molecular complexity index is 1020. The maximum Gasteiger partial charge on any atom is 0.248 e. The highest BCUT2D eigenvalue weighted by Crippen LogP contribution is 2.29. The predicted molar refractivity (Wildman–Crippen MR) is 112 cm³/mol. The average molecular weight is 411 g/mol. The molecule has 0 aliphatic carbocycles. The Morgan fingerprint density at radius 3 is 2.66 bits per heavy atom. The summed E-state index contributed by atoms with van der Waals surface area (Å²) in [5.74, 6) is 0.504. The lowest BCUT2D eigenvalue weighted by molar-refractivity contribution is -0.111. The number of phenols is 1. The maximum atomic E-state index is 12.2. The summed E-state index contributed by atoms with van der Waals surface area (Å²) < 4.78 is 10.7. The van der Waals surface area contributed by atoms with E-state index in [9.17, 15) is 9.90 Å². The van der Waals surface area contributed by atoms with Crippen molar-refractivity contribution < 1.29 is 19.4 Å². The molecule has 3 rings (SSSR count). The summed E-state index contributed by atoms with van der Waals surface area (Å²) in [6, 6.07) is 13.6. The molecule has 0 radical (unpaired) electrons. The van der Waals surface area contributed by atoms with E-state index >= 15 is 0 Å². The van der Waals surface area contributed by atoms with Crippen molar-refractivity contribution in [3.05, 3.63) is 83.2 Å². The van der Waals surface area contributed by atoms with Crippen molar-refractivity contribution in [2.45, 2.75) is 6.61 Å². The number of nitrogens with zero attached hydrogens (tertiary/aromatic N) is 1. The van der Waals surface area contributed by atoms with E-state index in [1.54, 1.807) is 48.8 Å². The Morgan fingerprint density at radius 1 is 1.14 bits per heavy atom. The van der Waals surface area contributed by atoms with Gasteiger partial charge in [0.05, 0.1) is 12.1 Å². The molecule has 6 nitrogen and oxygen atoms in total. The molecule has 0 aliphatic heterocycles. The zero-order chi connectivity index (χ0) is 20.6. The summed E-state index contributed by atoms with van der Waals surface area (Å²) in [6.45, 7) is 0.334. The number of anilines is 1. The van der Waals surface area contributed by atoms with Crippen LogP contribution in [0.2, 0.25) is 5.02 Å². The number of carbonyl (C=O) groups excluding carboxylic acids is 1. The third-order valence-electron chi connectivity index (χ3n) is 3.97. The predicted octanol–water partition coefficient (Wildman–Crippen LogP) is 4.68. The van der Waals surface area contributed by atoms with Gasteiger partial charge in [0.1, 0.15) is 12.4 Å². The fraction of sp³-hybridized carbons (Fsp3) is 0.0909. The summed E-state index contributed by atoms with van der Waals surface area (Å²) >= 11 is 6.18. The highest BCUT2D eigenvalue weighted by molar-refractivity contribution is 6.32. The molecule has 0 unspecified atom stereocenters. The van der Waals surface area contributed by atoms with E-state index in [-0.39, 0.29) is 11.7 Å². The van der Waals surface area contributed by atoms with Crippen LogP contribution in [0.4, 0.5) is 5.69 Å². The number of hydrogen-bond donors (Lipinski definition) is 2. The van der Waals surface area contributed by atoms with E-state index < -0.39 is 0 Å². The van der Waals surface area contributed by atoms with Gasteiger partial charge in [0.25, 0.3) is 0 Å². The van der Waals surface area contributed by atoms with Gasteiger partial charge < -0.3 is 19.9 Å². The van der Waals surface area contributed by atoms with Gasteiger partial charge in [0, 0.05) is 30.2 Å². The summed E-state index contributed by atoms with van der Waals surface area (Å²) in [5, 5.41) is 13.0. The Balaban J connectivity index is 1.63. The van der Waals surface area contributed by atoms with E-state index in [0.717, 1.165) is 5.56 Å². The first-order chi connectivity index (χ1) is 14.0. The minimum Gasteiger partial charge on any atom is -0.504 e. The van der Waals surface area contributed by atoms with E-state index in [2.05, 4.69) is 10.3 Å². The number of methoxy groups -OCH3 is 1. The van der Waals surface area contributed by atoms with Crippen molar-refractivity contribution in [3.63, 3.8) is 0 Å². The van der Waals surface area contributed by atoms with Crippen LogP contribution in [-0.4, -0.2) is 23.1 Å². The zero-order valence-corrected chi connectivity index (χ0v) is 16.4. The first-order valence-electron chi connectivity index (χ1n) is 8.72. The van der Waals surface area contributed by atoms with Crippen LogP contribution < -0.4 is 14.8 Å². The lowest BCUT2D eigenvalue weighted by atomic mass is 10.2. The van der Waals surface area contributed by atoms with Crippen LogP contribution in [0.25, 0.3) is 6.08 Å². The minimum absolute atomic E-state index is 0.00347. The highest BCUT2D eigenvalue weighted by atomic mass is 35.5. The first kappa shape index (κ1) is 20.2. The van der Waals surface area contributed by atoms with Gasteiger partial charge in [-0.15, -0.1) is 0 Å². The van der Waals surface area contributed by atoms with Crippen LogP contribution in [0.15, 0.2) is 67.0 Å². The van der Waals surface area contributed by atoms with Gasteiger partial charge in [-0.25, -0.2) is 0 Å². The van der Waals surface area contributed by atoms with Crippen molar-refractivity contribution >= 4 is 29.3 Å². The smallest absolute Gasteiger partial charge is 0.248 e. The molecule has 148 valence electrons. The molecule has 0 bridgehead atoms. The molecule has 7 heteroatoms. The Hall–Kier alpha value is -3.51. The normalized spacial score (nSPS) is 10.7. The summed E-state index contributed by atoms with van der Waals surface area (Å²) in [7, 11) is 1.47. The molecule has 0 atom stereocenters. The Morgan fingerprint density at radius 2 is 1.93 bits per heavy atom. The summed E-state index contributed by atoms with van der Waals surface area (Å²) in [5.41, 5.74) is 2.17. The standard InChI is InChI=1S/C22H19ClN2O4/c1-28-20-6-2-15(12-19(20)26)3-7-22(27)25-17-4-5-18(23)21(13-17)29-14-16-8-10-24-11-9-16/h2-13,26H,14H2,1H3,(H,25,27). The van der Waals surface area contributed by atoms with Crippen molar-refractivity contribution in [2.75, 3.05) is 12.4 Å². The topological polar surface area (TPSA) is 80.7 Å². The number of hydrogen-bond acceptors (Lipinski definition) is 5. The first-order valence-corrected chi connectivity index (χ1v) is 9.10. The number of phenolic OH excluding ortho intramolecular Hbond substituents is 1. The molecule has 1 amide bonds. The number of amides is 1. The second kappa shape index (κ2) is 9.61. The molecular weight excluding hydrogens is 392 g/mol. The second-order valence-corrected chi connectivity index (χ2v) is 6.45. The maximum absolute atomic E-state index is 12.2. The lowest BCUT2D eigenvalue weighted by Gasteiger charge is -2.10. The van der Waals surface area contributed by atoms with Gasteiger partial charge in [-0.3, -0.25) is 9.78 Å². The third-order valence-corrected chi connectivity index (χ3v) is 4.28. The number of pyridine rings is 1. The lowest BCUT2D eigenvalue weighted by Crippen LogP contribution is -2.08. The molecule has 2 aromatic carbocycles. The van der Waals surface area contributed by atoms with Crippen molar-refractivity contribution in [1.82, 2.24) is 4.98 Å². The Labute approximate surface area is 173 Å². The minimum atomic E-state index is -0.331. The number of nitrogens with one attached hydrogen (secondary N) is 1. The van der Waals surface area contributed by atoms with Crippen LogP contribution >= 0.6 is 11.6 Å². The number of benzene rings is 2. The van der Waals surface area contributed by atoms with Gasteiger partial charge >= 0.3 is 0 Å². The van der Waals surface area contributed by atoms with E-state index in [1.807, 2.05) is 12.1 Å². The number of carbonyl (C=O) groups is 1. The van der Waals surface area contributed by atoms with Gasteiger partial charge in [-0.2, -0.15) is 0 Å². The fourth-order valence-electron chi connectivity index (χ4n) is 2.50. The van der Waals surface area contributed by atoms with Crippen LogP contribution in [0.5, 0.6) is 17.2 Å². The number of ether oxygens (including phenoxy) is 2. The highest BCUT2D eigenvalue weighted by Gasteiger charge is 2.06.